The topological polar surface area (TPSA) is 86.6 Å². The normalized spacial score (nSPS) is 17.2. The Morgan fingerprint density at radius 2 is 2.13 bits per heavy atom. The number of rotatable bonds is 8. The number of benzene rings is 1. The van der Waals surface area contributed by atoms with Crippen LogP contribution in [0.15, 0.2) is 34.0 Å². The van der Waals surface area contributed by atoms with E-state index in [1.165, 1.54) is 10.6 Å². The quantitative estimate of drug-likeness (QED) is 0.467. The van der Waals surface area contributed by atoms with Gasteiger partial charge in [-0.2, -0.15) is 0 Å². The summed E-state index contributed by atoms with van der Waals surface area (Å²) in [7, 11) is 0. The highest BCUT2D eigenvalue weighted by Crippen LogP contribution is 2.15. The molecule has 0 bridgehead atoms. The van der Waals surface area contributed by atoms with E-state index in [0.29, 0.717) is 22.3 Å². The first-order chi connectivity index (χ1) is 15.0. The van der Waals surface area contributed by atoms with Crippen molar-refractivity contribution in [2.45, 2.75) is 37.3 Å². The minimum Gasteiger partial charge on any atom is -0.463 e. The molecule has 1 saturated heterocycles. The van der Waals surface area contributed by atoms with Crippen LogP contribution < -0.4 is 20.1 Å². The van der Waals surface area contributed by atoms with Crippen LogP contribution in [-0.4, -0.2) is 48.6 Å². The van der Waals surface area contributed by atoms with Crippen LogP contribution in [0.2, 0.25) is 0 Å². The number of aromatic nitrogens is 1. The number of hydrogen-bond acceptors (Lipinski definition) is 7. The number of ether oxygens (including phenoxy) is 2. The first-order valence-corrected chi connectivity index (χ1v) is 12.2. The molecule has 166 valence electrons. The summed E-state index contributed by atoms with van der Waals surface area (Å²) in [5.41, 5.74) is 0.551. The van der Waals surface area contributed by atoms with Gasteiger partial charge in [0.1, 0.15) is 11.2 Å². The van der Waals surface area contributed by atoms with E-state index in [1.54, 1.807) is 24.8 Å². The van der Waals surface area contributed by atoms with E-state index in [0.717, 1.165) is 34.6 Å². The molecule has 0 spiro atoms. The van der Waals surface area contributed by atoms with Crippen molar-refractivity contribution in [3.05, 3.63) is 49.4 Å². The summed E-state index contributed by atoms with van der Waals surface area (Å²) in [5.74, 6) is -0.849. The molecular weight excluding hydrogens is 436 g/mol. The highest BCUT2D eigenvalue weighted by atomic mass is 32.2. The predicted molar refractivity (Wildman–Crippen MR) is 123 cm³/mol. The number of nitrogens with one attached hydrogen (secondary N) is 1. The molecule has 0 unspecified atom stereocenters. The molecule has 0 aliphatic carbocycles. The molecular formula is C22H26N2O5S2. The van der Waals surface area contributed by atoms with Crippen molar-refractivity contribution in [1.29, 1.82) is 0 Å². The summed E-state index contributed by atoms with van der Waals surface area (Å²) in [5, 5.41) is 2.82. The van der Waals surface area contributed by atoms with Crippen molar-refractivity contribution in [3.63, 3.8) is 0 Å². The Morgan fingerprint density at radius 3 is 2.77 bits per heavy atom. The molecule has 1 aliphatic rings. The number of esters is 1. The number of amides is 1. The van der Waals surface area contributed by atoms with Gasteiger partial charge in [-0.25, -0.2) is 4.79 Å². The number of thioether (sulfide) groups is 1. The van der Waals surface area contributed by atoms with Gasteiger partial charge in [-0.05, 0) is 49.8 Å². The zero-order chi connectivity index (χ0) is 22.2. The van der Waals surface area contributed by atoms with Crippen LogP contribution in [0.1, 0.15) is 25.3 Å². The summed E-state index contributed by atoms with van der Waals surface area (Å²) in [6.45, 7) is 2.89. The van der Waals surface area contributed by atoms with Crippen molar-refractivity contribution in [3.8, 4) is 0 Å². The predicted octanol–water partition coefficient (Wildman–Crippen LogP) is 1.10. The van der Waals surface area contributed by atoms with Gasteiger partial charge < -0.3 is 14.8 Å². The minimum absolute atomic E-state index is 0.0156. The van der Waals surface area contributed by atoms with E-state index in [2.05, 4.69) is 5.32 Å². The SMILES string of the molecule is CCOC(=O)/C=c1\s/c(=C\c2ccc(SC)cc2)c(=O)n1CC(=O)NC[C@@H]1CCCO1. The van der Waals surface area contributed by atoms with Crippen LogP contribution in [0.5, 0.6) is 0 Å². The number of hydrogen-bond donors (Lipinski definition) is 1. The highest BCUT2D eigenvalue weighted by molar-refractivity contribution is 7.98. The van der Waals surface area contributed by atoms with Gasteiger partial charge >= 0.3 is 5.97 Å². The second kappa shape index (κ2) is 11.3. The van der Waals surface area contributed by atoms with Gasteiger partial charge in [0.05, 0.1) is 23.3 Å². The second-order valence-electron chi connectivity index (χ2n) is 6.95. The smallest absolute Gasteiger partial charge is 0.333 e. The number of carbonyl (C=O) groups excluding carboxylic acids is 2. The van der Waals surface area contributed by atoms with E-state index in [-0.39, 0.29) is 30.7 Å². The Morgan fingerprint density at radius 1 is 1.35 bits per heavy atom. The first kappa shape index (κ1) is 23.3. The lowest BCUT2D eigenvalue weighted by Crippen LogP contribution is -2.40. The maximum Gasteiger partial charge on any atom is 0.333 e. The first-order valence-electron chi connectivity index (χ1n) is 10.1. The van der Waals surface area contributed by atoms with Crippen molar-refractivity contribution >= 4 is 47.1 Å². The summed E-state index contributed by atoms with van der Waals surface area (Å²) >= 11 is 2.80. The number of nitrogens with zero attached hydrogens (tertiary/aromatic N) is 1. The van der Waals surface area contributed by atoms with Crippen LogP contribution >= 0.6 is 23.1 Å². The maximum absolute atomic E-state index is 13.0. The second-order valence-corrected chi connectivity index (χ2v) is 8.89. The third kappa shape index (κ3) is 6.56. The zero-order valence-electron chi connectivity index (χ0n) is 17.6. The molecule has 1 fully saturated rings. The molecule has 31 heavy (non-hydrogen) atoms. The molecule has 2 heterocycles. The molecule has 7 nitrogen and oxygen atoms in total. The van der Waals surface area contributed by atoms with Crippen LogP contribution in [0.4, 0.5) is 0 Å². The van der Waals surface area contributed by atoms with Gasteiger partial charge in [-0.3, -0.25) is 14.2 Å². The molecule has 1 aromatic carbocycles. The molecule has 1 atom stereocenters. The lowest BCUT2D eigenvalue weighted by atomic mass is 10.2. The number of carbonyl (C=O) groups is 2. The fourth-order valence-electron chi connectivity index (χ4n) is 3.16. The third-order valence-electron chi connectivity index (χ3n) is 4.73. The lowest BCUT2D eigenvalue weighted by molar-refractivity contribution is -0.135. The van der Waals surface area contributed by atoms with E-state index in [4.69, 9.17) is 9.47 Å². The molecule has 1 aromatic heterocycles. The summed E-state index contributed by atoms with van der Waals surface area (Å²) in [6, 6.07) is 7.82. The van der Waals surface area contributed by atoms with Gasteiger partial charge in [0, 0.05) is 18.0 Å². The van der Waals surface area contributed by atoms with Crippen LogP contribution in [-0.2, 0) is 25.6 Å². The molecule has 2 aromatic rings. The van der Waals surface area contributed by atoms with Crippen molar-refractivity contribution in [2.75, 3.05) is 26.0 Å². The van der Waals surface area contributed by atoms with Gasteiger partial charge in [0.25, 0.3) is 5.56 Å². The molecule has 0 radical (unpaired) electrons. The maximum atomic E-state index is 13.0. The molecule has 1 aliphatic heterocycles. The van der Waals surface area contributed by atoms with Crippen molar-refractivity contribution in [1.82, 2.24) is 9.88 Å². The Hall–Kier alpha value is -2.36. The Bertz CT molecular complexity index is 1080. The van der Waals surface area contributed by atoms with Gasteiger partial charge in [-0.15, -0.1) is 23.1 Å². The van der Waals surface area contributed by atoms with Crippen molar-refractivity contribution in [2.24, 2.45) is 0 Å². The Kier molecular flexibility index (Phi) is 8.51. The molecule has 1 N–H and O–H groups in total. The fraction of sp³-hybridized carbons (Fsp3) is 0.409. The van der Waals surface area contributed by atoms with E-state index in [9.17, 15) is 14.4 Å². The minimum atomic E-state index is -0.548. The Labute approximate surface area is 188 Å². The van der Waals surface area contributed by atoms with Gasteiger partial charge in [0.2, 0.25) is 5.91 Å². The third-order valence-corrected chi connectivity index (χ3v) is 6.53. The van der Waals surface area contributed by atoms with Gasteiger partial charge in [-0.1, -0.05) is 12.1 Å². The molecule has 9 heteroatoms. The van der Waals surface area contributed by atoms with E-state index in [1.807, 2.05) is 30.5 Å². The number of thiazole rings is 1. The average molecular weight is 463 g/mol. The van der Waals surface area contributed by atoms with Crippen LogP contribution in [0, 0.1) is 0 Å². The Balaban J connectivity index is 1.89. The average Bonchev–Trinajstić information content (AvgIpc) is 3.37. The van der Waals surface area contributed by atoms with Crippen LogP contribution in [0.25, 0.3) is 12.2 Å². The zero-order valence-corrected chi connectivity index (χ0v) is 19.2. The lowest BCUT2D eigenvalue weighted by Gasteiger charge is -2.10. The molecule has 0 saturated carbocycles. The van der Waals surface area contributed by atoms with E-state index >= 15 is 0 Å². The highest BCUT2D eigenvalue weighted by Gasteiger charge is 2.17. The van der Waals surface area contributed by atoms with Gasteiger partial charge in [0.15, 0.2) is 0 Å². The van der Waals surface area contributed by atoms with Crippen molar-refractivity contribution < 1.29 is 19.1 Å². The summed E-state index contributed by atoms with van der Waals surface area (Å²) < 4.78 is 12.6. The molecule has 1 amide bonds. The summed E-state index contributed by atoms with van der Waals surface area (Å²) in [4.78, 5) is 38.6. The standard InChI is InChI=1S/C22H26N2O5S2/c1-3-28-21(26)12-20-24(14-19(25)23-13-16-5-4-10-29-16)22(27)18(31-20)11-15-6-8-17(30-2)9-7-15/h6-9,11-12,16H,3-5,10,13-14H2,1-2H3,(H,23,25)/b18-11-,20-12-/t16-/m0/s1. The monoisotopic (exact) mass is 462 g/mol. The summed E-state index contributed by atoms with van der Waals surface area (Å²) in [6.07, 6.45) is 6.94. The van der Waals surface area contributed by atoms with E-state index < -0.39 is 5.97 Å². The fourth-order valence-corrected chi connectivity index (χ4v) is 4.60. The van der Waals surface area contributed by atoms with Crippen LogP contribution in [0.3, 0.4) is 0 Å². The molecule has 3 rings (SSSR count). The largest absolute Gasteiger partial charge is 0.463 e.